The smallest absolute Gasteiger partial charge is 0.218 e. The van der Waals surface area contributed by atoms with Crippen molar-refractivity contribution in [2.45, 2.75) is 33.2 Å². The SMILES string of the molecule is CCCOc1ncccc1CN=C(NCC)NCCCOC. The maximum Gasteiger partial charge on any atom is 0.218 e. The quantitative estimate of drug-likeness (QED) is 0.393. The molecule has 6 nitrogen and oxygen atoms in total. The molecule has 0 amide bonds. The van der Waals surface area contributed by atoms with Gasteiger partial charge in [0.2, 0.25) is 5.88 Å². The molecule has 1 heterocycles. The van der Waals surface area contributed by atoms with Crippen molar-refractivity contribution in [3.8, 4) is 5.88 Å². The van der Waals surface area contributed by atoms with Crippen LogP contribution in [0.15, 0.2) is 23.3 Å². The van der Waals surface area contributed by atoms with E-state index in [1.54, 1.807) is 13.3 Å². The lowest BCUT2D eigenvalue weighted by molar-refractivity contribution is 0.195. The lowest BCUT2D eigenvalue weighted by atomic mass is 10.3. The van der Waals surface area contributed by atoms with Gasteiger partial charge in [-0.3, -0.25) is 0 Å². The Kier molecular flexibility index (Phi) is 9.78. The number of aromatic nitrogens is 1. The molecule has 1 rings (SSSR count). The second-order valence-corrected chi connectivity index (χ2v) is 4.78. The zero-order valence-electron chi connectivity index (χ0n) is 13.9. The molecule has 22 heavy (non-hydrogen) atoms. The Hall–Kier alpha value is -1.82. The van der Waals surface area contributed by atoms with E-state index in [9.17, 15) is 0 Å². The van der Waals surface area contributed by atoms with Crippen molar-refractivity contribution in [2.24, 2.45) is 4.99 Å². The molecule has 0 saturated carbocycles. The highest BCUT2D eigenvalue weighted by atomic mass is 16.5. The summed E-state index contributed by atoms with van der Waals surface area (Å²) in [5.41, 5.74) is 0.991. The van der Waals surface area contributed by atoms with Crippen molar-refractivity contribution in [3.63, 3.8) is 0 Å². The van der Waals surface area contributed by atoms with Gasteiger partial charge in [-0.1, -0.05) is 13.0 Å². The molecule has 0 atom stereocenters. The summed E-state index contributed by atoms with van der Waals surface area (Å²) in [5, 5.41) is 6.52. The summed E-state index contributed by atoms with van der Waals surface area (Å²) in [4.78, 5) is 8.86. The van der Waals surface area contributed by atoms with Gasteiger partial charge in [0.1, 0.15) is 0 Å². The number of aliphatic imine (C=N–C) groups is 1. The van der Waals surface area contributed by atoms with Crippen LogP contribution in [0.4, 0.5) is 0 Å². The van der Waals surface area contributed by atoms with Crippen LogP contribution in [0.1, 0.15) is 32.3 Å². The molecule has 0 spiro atoms. The predicted molar refractivity (Wildman–Crippen MR) is 89.3 cm³/mol. The predicted octanol–water partition coefficient (Wildman–Crippen LogP) is 1.96. The monoisotopic (exact) mass is 308 g/mol. The Morgan fingerprint density at radius 1 is 1.27 bits per heavy atom. The minimum atomic E-state index is 0.534. The maximum absolute atomic E-state index is 5.65. The lowest BCUT2D eigenvalue weighted by Gasteiger charge is -2.12. The van der Waals surface area contributed by atoms with Gasteiger partial charge in [-0.05, 0) is 25.8 Å². The fraction of sp³-hybridized carbons (Fsp3) is 0.625. The van der Waals surface area contributed by atoms with Gasteiger partial charge in [0.05, 0.1) is 13.2 Å². The number of guanidine groups is 1. The fourth-order valence-corrected chi connectivity index (χ4v) is 1.80. The van der Waals surface area contributed by atoms with Crippen LogP contribution in [0.5, 0.6) is 5.88 Å². The van der Waals surface area contributed by atoms with Gasteiger partial charge < -0.3 is 20.1 Å². The Morgan fingerprint density at radius 3 is 2.86 bits per heavy atom. The second-order valence-electron chi connectivity index (χ2n) is 4.78. The van der Waals surface area contributed by atoms with E-state index in [4.69, 9.17) is 9.47 Å². The number of nitrogens with one attached hydrogen (secondary N) is 2. The van der Waals surface area contributed by atoms with E-state index in [1.807, 2.05) is 19.1 Å². The molecule has 0 fully saturated rings. The Bertz CT molecular complexity index is 438. The maximum atomic E-state index is 5.65. The van der Waals surface area contributed by atoms with Crippen LogP contribution < -0.4 is 15.4 Å². The molecular formula is C16H28N4O2. The van der Waals surface area contributed by atoms with E-state index in [-0.39, 0.29) is 0 Å². The summed E-state index contributed by atoms with van der Waals surface area (Å²) in [6.45, 7) is 7.72. The molecule has 0 aliphatic rings. The van der Waals surface area contributed by atoms with Gasteiger partial charge in [-0.15, -0.1) is 0 Å². The van der Waals surface area contributed by atoms with Crippen molar-refractivity contribution >= 4 is 5.96 Å². The highest BCUT2D eigenvalue weighted by Gasteiger charge is 2.04. The summed E-state index contributed by atoms with van der Waals surface area (Å²) in [6, 6.07) is 3.90. The third kappa shape index (κ3) is 7.26. The molecule has 0 aromatic carbocycles. The van der Waals surface area contributed by atoms with Crippen molar-refractivity contribution in [3.05, 3.63) is 23.9 Å². The first-order valence-corrected chi connectivity index (χ1v) is 7.89. The normalized spacial score (nSPS) is 11.3. The Balaban J connectivity index is 2.60. The molecule has 6 heteroatoms. The van der Waals surface area contributed by atoms with Crippen LogP contribution in [0.2, 0.25) is 0 Å². The first-order chi connectivity index (χ1) is 10.8. The van der Waals surface area contributed by atoms with Gasteiger partial charge in [-0.25, -0.2) is 9.98 Å². The molecular weight excluding hydrogens is 280 g/mol. The topological polar surface area (TPSA) is 67.8 Å². The molecule has 0 aliphatic carbocycles. The lowest BCUT2D eigenvalue weighted by Crippen LogP contribution is -2.38. The van der Waals surface area contributed by atoms with Crippen molar-refractivity contribution in [1.29, 1.82) is 0 Å². The largest absolute Gasteiger partial charge is 0.477 e. The average molecular weight is 308 g/mol. The number of hydrogen-bond acceptors (Lipinski definition) is 4. The molecule has 0 saturated heterocycles. The van der Waals surface area contributed by atoms with Crippen LogP contribution in [0.3, 0.4) is 0 Å². The average Bonchev–Trinajstić information content (AvgIpc) is 2.55. The van der Waals surface area contributed by atoms with Crippen LogP contribution in [0.25, 0.3) is 0 Å². The molecule has 0 aliphatic heterocycles. The van der Waals surface area contributed by atoms with E-state index in [0.29, 0.717) is 19.0 Å². The van der Waals surface area contributed by atoms with Gasteiger partial charge in [0.25, 0.3) is 0 Å². The third-order valence-electron chi connectivity index (χ3n) is 2.86. The summed E-state index contributed by atoms with van der Waals surface area (Å²) in [6.07, 6.45) is 3.65. The first kappa shape index (κ1) is 18.2. The standard InChI is InChI=1S/C16H28N4O2/c1-4-11-22-15-14(8-6-9-18-15)13-20-16(17-5-2)19-10-7-12-21-3/h6,8-9H,4-5,7,10-13H2,1-3H3,(H2,17,19,20). The summed E-state index contributed by atoms with van der Waals surface area (Å²) < 4.78 is 10.7. The molecule has 0 bridgehead atoms. The number of nitrogens with zero attached hydrogens (tertiary/aromatic N) is 2. The molecule has 124 valence electrons. The number of rotatable bonds is 10. The van der Waals surface area contributed by atoms with Crippen LogP contribution in [0, 0.1) is 0 Å². The number of ether oxygens (including phenoxy) is 2. The Labute approximate surface area is 133 Å². The number of methoxy groups -OCH3 is 1. The van der Waals surface area contributed by atoms with Crippen molar-refractivity contribution in [2.75, 3.05) is 33.4 Å². The molecule has 0 radical (unpaired) electrons. The zero-order chi connectivity index (χ0) is 16.0. The summed E-state index contributed by atoms with van der Waals surface area (Å²) >= 11 is 0. The number of hydrogen-bond donors (Lipinski definition) is 2. The van der Waals surface area contributed by atoms with E-state index < -0.39 is 0 Å². The van der Waals surface area contributed by atoms with E-state index >= 15 is 0 Å². The summed E-state index contributed by atoms with van der Waals surface area (Å²) in [5.74, 6) is 1.47. The fourth-order valence-electron chi connectivity index (χ4n) is 1.80. The van der Waals surface area contributed by atoms with E-state index in [2.05, 4.69) is 27.5 Å². The van der Waals surface area contributed by atoms with Gasteiger partial charge in [-0.2, -0.15) is 0 Å². The van der Waals surface area contributed by atoms with Gasteiger partial charge in [0, 0.05) is 38.6 Å². The van der Waals surface area contributed by atoms with Gasteiger partial charge >= 0.3 is 0 Å². The van der Waals surface area contributed by atoms with Crippen LogP contribution in [-0.2, 0) is 11.3 Å². The third-order valence-corrected chi connectivity index (χ3v) is 2.86. The van der Waals surface area contributed by atoms with E-state index in [0.717, 1.165) is 44.1 Å². The minimum Gasteiger partial charge on any atom is -0.477 e. The molecule has 0 unspecified atom stereocenters. The minimum absolute atomic E-state index is 0.534. The van der Waals surface area contributed by atoms with Crippen LogP contribution >= 0.6 is 0 Å². The molecule has 1 aromatic heterocycles. The van der Waals surface area contributed by atoms with Crippen molar-refractivity contribution < 1.29 is 9.47 Å². The molecule has 2 N–H and O–H groups in total. The zero-order valence-corrected chi connectivity index (χ0v) is 13.9. The first-order valence-electron chi connectivity index (χ1n) is 7.89. The van der Waals surface area contributed by atoms with Gasteiger partial charge in [0.15, 0.2) is 5.96 Å². The second kappa shape index (κ2) is 11.8. The highest BCUT2D eigenvalue weighted by Crippen LogP contribution is 2.15. The van der Waals surface area contributed by atoms with Crippen LogP contribution in [-0.4, -0.2) is 44.4 Å². The van der Waals surface area contributed by atoms with E-state index in [1.165, 1.54) is 0 Å². The summed E-state index contributed by atoms with van der Waals surface area (Å²) in [7, 11) is 1.71. The van der Waals surface area contributed by atoms with Crippen molar-refractivity contribution in [1.82, 2.24) is 15.6 Å². The highest BCUT2D eigenvalue weighted by molar-refractivity contribution is 5.79. The Morgan fingerprint density at radius 2 is 2.14 bits per heavy atom. The number of pyridine rings is 1. The molecule has 1 aromatic rings.